The molecule has 3 N–H and O–H groups in total. The highest BCUT2D eigenvalue weighted by Crippen LogP contribution is 2.19. The van der Waals surface area contributed by atoms with Crippen LogP contribution in [0, 0.1) is 0 Å². The minimum atomic E-state index is -0.260. The van der Waals surface area contributed by atoms with Crippen molar-refractivity contribution < 1.29 is 9.53 Å². The summed E-state index contributed by atoms with van der Waals surface area (Å²) >= 11 is 0. The predicted octanol–water partition coefficient (Wildman–Crippen LogP) is 3.79. The summed E-state index contributed by atoms with van der Waals surface area (Å²) in [5.41, 5.74) is 3.27. The normalized spacial score (nSPS) is 11.5. The average Bonchev–Trinajstić information content (AvgIpc) is 3.06. The summed E-state index contributed by atoms with van der Waals surface area (Å²) in [4.78, 5) is 15.3. The summed E-state index contributed by atoms with van der Waals surface area (Å²) in [5, 5.41) is 7.66. The lowest BCUT2D eigenvalue weighted by Crippen LogP contribution is -2.43. The van der Waals surface area contributed by atoms with E-state index in [4.69, 9.17) is 4.74 Å². The van der Waals surface area contributed by atoms with Gasteiger partial charge in [-0.3, -0.25) is 4.79 Å². The fraction of sp³-hybridized carbons (Fsp3) is 0.348. The number of amides is 1. The fourth-order valence-electron chi connectivity index (χ4n) is 3.17. The Morgan fingerprint density at radius 3 is 2.61 bits per heavy atom. The molecule has 3 aromatic rings. The van der Waals surface area contributed by atoms with Crippen LogP contribution in [0.1, 0.15) is 31.9 Å². The second-order valence-electron chi connectivity index (χ2n) is 7.98. The maximum atomic E-state index is 12.0. The van der Waals surface area contributed by atoms with E-state index in [1.54, 1.807) is 0 Å². The lowest BCUT2D eigenvalue weighted by molar-refractivity contribution is -0.124. The van der Waals surface area contributed by atoms with Crippen LogP contribution >= 0.6 is 0 Å². The topological polar surface area (TPSA) is 66.2 Å². The molecule has 0 fully saturated rings. The highest BCUT2D eigenvalue weighted by Gasteiger charge is 2.14. The summed E-state index contributed by atoms with van der Waals surface area (Å²) < 4.78 is 5.75. The number of hydrogen-bond donors (Lipinski definition) is 3. The van der Waals surface area contributed by atoms with Crippen molar-refractivity contribution in [3.05, 3.63) is 65.9 Å². The van der Waals surface area contributed by atoms with E-state index in [1.165, 1.54) is 16.5 Å². The Morgan fingerprint density at radius 1 is 1.04 bits per heavy atom. The van der Waals surface area contributed by atoms with Crippen LogP contribution in [0.15, 0.2) is 54.7 Å². The molecule has 1 aromatic heterocycles. The first-order valence-corrected chi connectivity index (χ1v) is 9.70. The standard InChI is InChI=1S/C23H29N3O2/c1-23(2,3)26-22(27)16-28-21-11-7-4-8-18(21)14-24-13-12-17-15-25-20-10-6-5-9-19(17)20/h4-11,15,24-25H,12-14,16H2,1-3H3,(H,26,27). The molecule has 0 aliphatic rings. The number of benzene rings is 2. The van der Waals surface area contributed by atoms with Crippen molar-refractivity contribution in [3.63, 3.8) is 0 Å². The molecule has 1 heterocycles. The monoisotopic (exact) mass is 379 g/mol. The molecule has 0 saturated heterocycles. The molecule has 0 bridgehead atoms. The van der Waals surface area contributed by atoms with Crippen LogP contribution in [0.3, 0.4) is 0 Å². The number of ether oxygens (including phenoxy) is 1. The molecule has 0 unspecified atom stereocenters. The number of para-hydroxylation sites is 2. The number of rotatable bonds is 8. The summed E-state index contributed by atoms with van der Waals surface area (Å²) in [6, 6.07) is 16.2. The quantitative estimate of drug-likeness (QED) is 0.522. The van der Waals surface area contributed by atoms with E-state index in [9.17, 15) is 4.79 Å². The van der Waals surface area contributed by atoms with Gasteiger partial charge in [0.1, 0.15) is 5.75 Å². The second-order valence-corrected chi connectivity index (χ2v) is 7.98. The summed E-state index contributed by atoms with van der Waals surface area (Å²) in [6.07, 6.45) is 3.03. The highest BCUT2D eigenvalue weighted by molar-refractivity contribution is 5.83. The molecular weight excluding hydrogens is 350 g/mol. The Labute approximate surface area is 166 Å². The maximum Gasteiger partial charge on any atom is 0.258 e. The number of carbonyl (C=O) groups is 1. The highest BCUT2D eigenvalue weighted by atomic mass is 16.5. The number of aromatic nitrogens is 1. The number of carbonyl (C=O) groups excluding carboxylic acids is 1. The molecule has 0 aliphatic heterocycles. The summed E-state index contributed by atoms with van der Waals surface area (Å²) in [6.45, 7) is 7.44. The van der Waals surface area contributed by atoms with Crippen molar-refractivity contribution in [2.24, 2.45) is 0 Å². The van der Waals surface area contributed by atoms with Crippen molar-refractivity contribution in [1.29, 1.82) is 0 Å². The number of hydrogen-bond acceptors (Lipinski definition) is 3. The zero-order valence-corrected chi connectivity index (χ0v) is 16.8. The zero-order valence-electron chi connectivity index (χ0n) is 16.8. The van der Waals surface area contributed by atoms with Gasteiger partial charge in [0.25, 0.3) is 5.91 Å². The van der Waals surface area contributed by atoms with Gasteiger partial charge in [0.15, 0.2) is 6.61 Å². The summed E-state index contributed by atoms with van der Waals surface area (Å²) in [5.74, 6) is 0.626. The van der Waals surface area contributed by atoms with E-state index in [0.29, 0.717) is 6.54 Å². The van der Waals surface area contributed by atoms with Crippen LogP contribution in [0.5, 0.6) is 5.75 Å². The van der Waals surface area contributed by atoms with Gasteiger partial charge in [-0.2, -0.15) is 0 Å². The number of aromatic amines is 1. The maximum absolute atomic E-state index is 12.0. The molecular formula is C23H29N3O2. The third-order valence-corrected chi connectivity index (χ3v) is 4.41. The van der Waals surface area contributed by atoms with Gasteiger partial charge in [-0.15, -0.1) is 0 Å². The zero-order chi connectivity index (χ0) is 20.0. The van der Waals surface area contributed by atoms with Crippen molar-refractivity contribution >= 4 is 16.8 Å². The van der Waals surface area contributed by atoms with Gasteiger partial charge in [-0.05, 0) is 51.4 Å². The van der Waals surface area contributed by atoms with Gasteiger partial charge >= 0.3 is 0 Å². The van der Waals surface area contributed by atoms with Crippen molar-refractivity contribution in [2.45, 2.75) is 39.3 Å². The minimum Gasteiger partial charge on any atom is -0.483 e. The van der Waals surface area contributed by atoms with Gasteiger partial charge in [-0.25, -0.2) is 0 Å². The molecule has 28 heavy (non-hydrogen) atoms. The Kier molecular flexibility index (Phi) is 6.37. The largest absolute Gasteiger partial charge is 0.483 e. The van der Waals surface area contributed by atoms with E-state index in [1.807, 2.05) is 51.1 Å². The number of H-pyrrole nitrogens is 1. The molecule has 0 saturated carbocycles. The predicted molar refractivity (Wildman–Crippen MR) is 114 cm³/mol. The molecule has 3 rings (SSSR count). The lowest BCUT2D eigenvalue weighted by atomic mass is 10.1. The summed E-state index contributed by atoms with van der Waals surface area (Å²) in [7, 11) is 0. The molecule has 5 nitrogen and oxygen atoms in total. The van der Waals surface area contributed by atoms with E-state index in [-0.39, 0.29) is 18.1 Å². The first-order valence-electron chi connectivity index (χ1n) is 9.70. The van der Waals surface area contributed by atoms with Crippen molar-refractivity contribution in [2.75, 3.05) is 13.2 Å². The SMILES string of the molecule is CC(C)(C)NC(=O)COc1ccccc1CNCCc1c[nH]c2ccccc12. The Hall–Kier alpha value is -2.79. The van der Waals surface area contributed by atoms with Gasteiger partial charge in [0.2, 0.25) is 0 Å². The molecule has 2 aromatic carbocycles. The number of nitrogens with one attached hydrogen (secondary N) is 3. The van der Waals surface area contributed by atoms with E-state index in [2.05, 4.69) is 40.0 Å². The fourth-order valence-corrected chi connectivity index (χ4v) is 3.17. The molecule has 0 spiro atoms. The smallest absolute Gasteiger partial charge is 0.258 e. The lowest BCUT2D eigenvalue weighted by Gasteiger charge is -2.20. The van der Waals surface area contributed by atoms with Gasteiger partial charge < -0.3 is 20.4 Å². The third-order valence-electron chi connectivity index (χ3n) is 4.41. The van der Waals surface area contributed by atoms with E-state index >= 15 is 0 Å². The first kappa shape index (κ1) is 20.0. The Bertz CT molecular complexity index is 925. The molecule has 0 aliphatic carbocycles. The molecule has 1 amide bonds. The Balaban J connectivity index is 1.50. The third kappa shape index (κ3) is 5.60. The van der Waals surface area contributed by atoms with Crippen molar-refractivity contribution in [1.82, 2.24) is 15.6 Å². The van der Waals surface area contributed by atoms with E-state index < -0.39 is 0 Å². The molecule has 148 valence electrons. The molecule has 0 radical (unpaired) electrons. The van der Waals surface area contributed by atoms with Crippen molar-refractivity contribution in [3.8, 4) is 5.75 Å². The molecule has 0 atom stereocenters. The van der Waals surface area contributed by atoms with E-state index in [0.717, 1.165) is 24.3 Å². The van der Waals surface area contributed by atoms with Crippen LogP contribution < -0.4 is 15.4 Å². The minimum absolute atomic E-state index is 0.0175. The average molecular weight is 380 g/mol. The van der Waals surface area contributed by atoms with Crippen LogP contribution in [-0.2, 0) is 17.8 Å². The van der Waals surface area contributed by atoms with Crippen LogP contribution in [0.4, 0.5) is 0 Å². The van der Waals surface area contributed by atoms with Crippen LogP contribution in [0.25, 0.3) is 10.9 Å². The number of fused-ring (bicyclic) bond motifs is 1. The second kappa shape index (κ2) is 8.93. The van der Waals surface area contributed by atoms with Crippen LogP contribution in [0.2, 0.25) is 0 Å². The van der Waals surface area contributed by atoms with Gasteiger partial charge in [0.05, 0.1) is 0 Å². The Morgan fingerprint density at radius 2 is 1.79 bits per heavy atom. The van der Waals surface area contributed by atoms with Gasteiger partial charge in [-0.1, -0.05) is 36.4 Å². The first-order chi connectivity index (χ1) is 13.4. The van der Waals surface area contributed by atoms with Gasteiger partial charge in [0, 0.05) is 34.7 Å². The van der Waals surface area contributed by atoms with Crippen LogP contribution in [-0.4, -0.2) is 29.6 Å². The molecule has 5 heteroatoms.